The predicted octanol–water partition coefficient (Wildman–Crippen LogP) is 1.86. The largest absolute Gasteiger partial charge is 0.497 e. The Balaban J connectivity index is 1.90. The molecule has 0 saturated carbocycles. The lowest BCUT2D eigenvalue weighted by Gasteiger charge is -2.53. The highest BCUT2D eigenvalue weighted by molar-refractivity contribution is 6.02. The summed E-state index contributed by atoms with van der Waals surface area (Å²) in [4.78, 5) is 37.7. The number of carbonyl (C=O) groups excluding carboxylic acids is 2. The summed E-state index contributed by atoms with van der Waals surface area (Å²) < 4.78 is 10.5. The molecule has 2 atom stereocenters. The first-order chi connectivity index (χ1) is 13.9. The summed E-state index contributed by atoms with van der Waals surface area (Å²) in [6, 6.07) is 13.2. The fourth-order valence-electron chi connectivity index (χ4n) is 3.70. The van der Waals surface area contributed by atoms with Gasteiger partial charge in [0.2, 0.25) is 0 Å². The zero-order valence-electron chi connectivity index (χ0n) is 16.1. The molecule has 3 rings (SSSR count). The lowest BCUT2D eigenvalue weighted by atomic mass is 9.74. The van der Waals surface area contributed by atoms with Crippen LogP contribution >= 0.6 is 0 Å². The maximum Gasteiger partial charge on any atom is 0.405 e. The quantitative estimate of drug-likeness (QED) is 0.520. The Hall–Kier alpha value is -3.55. The topological polar surface area (TPSA) is 105 Å². The molecule has 2 N–H and O–H groups in total. The van der Waals surface area contributed by atoms with Gasteiger partial charge in [-0.05, 0) is 17.7 Å². The highest BCUT2D eigenvalue weighted by Gasteiger charge is 2.61. The number of hydrogen-bond donors (Lipinski definition) is 2. The zero-order valence-corrected chi connectivity index (χ0v) is 16.1. The van der Waals surface area contributed by atoms with Crippen molar-refractivity contribution in [2.45, 2.75) is 24.5 Å². The molecule has 2 amide bonds. The molecule has 1 aliphatic rings. The van der Waals surface area contributed by atoms with Crippen molar-refractivity contribution >= 4 is 18.3 Å². The molecule has 1 fully saturated rings. The smallest absolute Gasteiger partial charge is 0.405 e. The first kappa shape index (κ1) is 20.2. The molecular formula is C21H22N2O6. The molecule has 2 aromatic carbocycles. The minimum absolute atomic E-state index is 0.0820. The van der Waals surface area contributed by atoms with Crippen molar-refractivity contribution in [3.05, 3.63) is 59.7 Å². The van der Waals surface area contributed by atoms with Gasteiger partial charge in [0.1, 0.15) is 23.8 Å². The van der Waals surface area contributed by atoms with Crippen LogP contribution in [0.3, 0.4) is 0 Å². The van der Waals surface area contributed by atoms with Crippen molar-refractivity contribution < 1.29 is 29.0 Å². The Morgan fingerprint density at radius 3 is 2.52 bits per heavy atom. The normalized spacial score (nSPS) is 20.6. The van der Waals surface area contributed by atoms with Gasteiger partial charge in [0.05, 0.1) is 20.8 Å². The van der Waals surface area contributed by atoms with Gasteiger partial charge in [-0.25, -0.2) is 4.79 Å². The van der Waals surface area contributed by atoms with Crippen molar-refractivity contribution in [2.75, 3.05) is 14.2 Å². The number of β-lactam (4-membered cyclic amide) rings is 1. The minimum atomic E-state index is -1.53. The molecule has 8 heteroatoms. The van der Waals surface area contributed by atoms with Gasteiger partial charge >= 0.3 is 6.09 Å². The summed E-state index contributed by atoms with van der Waals surface area (Å²) in [5, 5.41) is 11.6. The number of aldehydes is 1. The average Bonchev–Trinajstić information content (AvgIpc) is 2.73. The standard InChI is InChI=1S/C21H22N2O6/c1-28-16-9-8-15(17(10-16)29-2)12-23-18(13-24)21(19(23)25,22-20(26)27)11-14-6-4-3-5-7-14/h3-10,13,18,22H,11-12H2,1-2H3,(H,26,27)/t18-,21+/m0/s1. The Kier molecular flexibility index (Phi) is 5.72. The molecule has 0 bridgehead atoms. The van der Waals surface area contributed by atoms with Gasteiger partial charge in [0, 0.05) is 18.1 Å². The maximum absolute atomic E-state index is 13.1. The van der Waals surface area contributed by atoms with Crippen LogP contribution in [0.5, 0.6) is 11.5 Å². The number of carbonyl (C=O) groups is 3. The van der Waals surface area contributed by atoms with Crippen LogP contribution in [0.4, 0.5) is 4.79 Å². The van der Waals surface area contributed by atoms with Crippen LogP contribution in [-0.2, 0) is 22.6 Å². The average molecular weight is 398 g/mol. The molecule has 152 valence electrons. The molecule has 0 aliphatic carbocycles. The summed E-state index contributed by atoms with van der Waals surface area (Å²) in [5.41, 5.74) is -0.102. The van der Waals surface area contributed by atoms with Crippen LogP contribution in [0.15, 0.2) is 48.5 Å². The van der Waals surface area contributed by atoms with E-state index in [0.717, 1.165) is 5.56 Å². The van der Waals surface area contributed by atoms with Crippen LogP contribution in [0, 0.1) is 0 Å². The highest BCUT2D eigenvalue weighted by atomic mass is 16.5. The fourth-order valence-corrected chi connectivity index (χ4v) is 3.70. The first-order valence-corrected chi connectivity index (χ1v) is 8.97. The number of methoxy groups -OCH3 is 2. The number of benzene rings is 2. The molecule has 1 aliphatic heterocycles. The minimum Gasteiger partial charge on any atom is -0.497 e. The number of carboxylic acid groups (broad SMARTS) is 1. The number of hydrogen-bond acceptors (Lipinski definition) is 5. The molecule has 1 heterocycles. The highest BCUT2D eigenvalue weighted by Crippen LogP contribution is 2.36. The third kappa shape index (κ3) is 3.73. The predicted molar refractivity (Wildman–Crippen MR) is 104 cm³/mol. The summed E-state index contributed by atoms with van der Waals surface area (Å²) in [7, 11) is 3.03. The Labute approximate surface area is 168 Å². The van der Waals surface area contributed by atoms with E-state index in [1.54, 1.807) is 42.5 Å². The molecular weight excluding hydrogens is 376 g/mol. The summed E-state index contributed by atoms with van der Waals surface area (Å²) in [5.74, 6) is 0.644. The monoisotopic (exact) mass is 398 g/mol. The number of ether oxygens (including phenoxy) is 2. The van der Waals surface area contributed by atoms with E-state index >= 15 is 0 Å². The van der Waals surface area contributed by atoms with E-state index in [1.807, 2.05) is 6.07 Å². The molecule has 0 spiro atoms. The summed E-state index contributed by atoms with van der Waals surface area (Å²) >= 11 is 0. The number of likely N-dealkylation sites (tertiary alicyclic amines) is 1. The Bertz CT molecular complexity index is 917. The van der Waals surface area contributed by atoms with Crippen LogP contribution in [0.1, 0.15) is 11.1 Å². The molecule has 29 heavy (non-hydrogen) atoms. The number of nitrogens with zero attached hydrogens (tertiary/aromatic N) is 1. The van der Waals surface area contributed by atoms with Crippen molar-refractivity contribution in [1.29, 1.82) is 0 Å². The van der Waals surface area contributed by atoms with Gasteiger partial charge in [0.15, 0.2) is 5.54 Å². The maximum atomic E-state index is 13.1. The van der Waals surface area contributed by atoms with E-state index in [9.17, 15) is 19.5 Å². The lowest BCUT2D eigenvalue weighted by Crippen LogP contribution is -2.81. The van der Waals surface area contributed by atoms with Gasteiger partial charge in [-0.2, -0.15) is 0 Å². The zero-order chi connectivity index (χ0) is 21.0. The molecule has 0 aromatic heterocycles. The third-order valence-corrected chi connectivity index (χ3v) is 5.10. The van der Waals surface area contributed by atoms with E-state index in [0.29, 0.717) is 23.3 Å². The molecule has 0 radical (unpaired) electrons. The van der Waals surface area contributed by atoms with Crippen molar-refractivity contribution in [3.63, 3.8) is 0 Å². The SMILES string of the molecule is COc1ccc(CN2C(=O)[C@](Cc3ccccc3)(NC(=O)O)[C@@H]2C=O)c(OC)c1. The number of rotatable bonds is 8. The van der Waals surface area contributed by atoms with Crippen LogP contribution < -0.4 is 14.8 Å². The van der Waals surface area contributed by atoms with Crippen molar-refractivity contribution in [3.8, 4) is 11.5 Å². The van der Waals surface area contributed by atoms with Gasteiger partial charge in [-0.15, -0.1) is 0 Å². The van der Waals surface area contributed by atoms with E-state index in [1.165, 1.54) is 19.1 Å². The van der Waals surface area contributed by atoms with E-state index in [-0.39, 0.29) is 13.0 Å². The second-order valence-corrected chi connectivity index (χ2v) is 6.76. The summed E-state index contributed by atoms with van der Waals surface area (Å²) in [6.07, 6.45) is -0.669. The molecule has 0 unspecified atom stereocenters. The summed E-state index contributed by atoms with van der Waals surface area (Å²) in [6.45, 7) is 0.104. The second-order valence-electron chi connectivity index (χ2n) is 6.76. The fraction of sp³-hybridized carbons (Fsp3) is 0.286. The number of nitrogens with one attached hydrogen (secondary N) is 1. The van der Waals surface area contributed by atoms with Crippen LogP contribution in [0.25, 0.3) is 0 Å². The third-order valence-electron chi connectivity index (χ3n) is 5.10. The van der Waals surface area contributed by atoms with Gasteiger partial charge < -0.3 is 29.6 Å². The van der Waals surface area contributed by atoms with Gasteiger partial charge in [-0.1, -0.05) is 30.3 Å². The number of amides is 2. The van der Waals surface area contributed by atoms with E-state index in [4.69, 9.17) is 9.47 Å². The van der Waals surface area contributed by atoms with Crippen LogP contribution in [-0.4, -0.2) is 54.1 Å². The first-order valence-electron chi connectivity index (χ1n) is 8.97. The molecule has 1 saturated heterocycles. The van der Waals surface area contributed by atoms with Crippen molar-refractivity contribution in [2.24, 2.45) is 0 Å². The van der Waals surface area contributed by atoms with E-state index in [2.05, 4.69) is 5.32 Å². The van der Waals surface area contributed by atoms with Crippen LogP contribution in [0.2, 0.25) is 0 Å². The van der Waals surface area contributed by atoms with Gasteiger partial charge in [-0.3, -0.25) is 4.79 Å². The molecule has 2 aromatic rings. The van der Waals surface area contributed by atoms with Gasteiger partial charge in [0.25, 0.3) is 5.91 Å². The van der Waals surface area contributed by atoms with E-state index < -0.39 is 23.6 Å². The Morgan fingerprint density at radius 2 is 1.93 bits per heavy atom. The van der Waals surface area contributed by atoms with Crippen molar-refractivity contribution in [1.82, 2.24) is 10.2 Å². The molecule has 8 nitrogen and oxygen atoms in total. The second kappa shape index (κ2) is 8.22. The Morgan fingerprint density at radius 1 is 1.21 bits per heavy atom. The lowest BCUT2D eigenvalue weighted by molar-refractivity contribution is -0.165.